The van der Waals surface area contributed by atoms with Crippen LogP contribution in [-0.2, 0) is 12.7 Å². The standard InChI is InChI=1S/C14H8Cl3F3N2O.C4H4S/c15-8-2-1-3-9(16)12(8)13(23)22-6-11-10(17)4-7(5-21-11)14(18,19)20;1-2-4-5-3-1/h1-5H,6H2,(H,22,23);1-4H. The summed E-state index contributed by atoms with van der Waals surface area (Å²) >= 11 is 19.3. The topological polar surface area (TPSA) is 42.0 Å². The molecule has 3 aromatic rings. The van der Waals surface area contributed by atoms with Crippen LogP contribution in [0.2, 0.25) is 15.1 Å². The smallest absolute Gasteiger partial charge is 0.346 e. The average Bonchev–Trinajstić information content (AvgIpc) is 3.19. The van der Waals surface area contributed by atoms with Crippen molar-refractivity contribution in [2.75, 3.05) is 0 Å². The van der Waals surface area contributed by atoms with Gasteiger partial charge in [-0.25, -0.2) is 0 Å². The van der Waals surface area contributed by atoms with Crippen molar-refractivity contribution in [3.8, 4) is 0 Å². The van der Waals surface area contributed by atoms with Crippen molar-refractivity contribution in [1.82, 2.24) is 10.3 Å². The van der Waals surface area contributed by atoms with Crippen LogP contribution in [0, 0.1) is 0 Å². The van der Waals surface area contributed by atoms with Crippen LogP contribution >= 0.6 is 46.1 Å². The molecule has 2 heterocycles. The second-order valence-electron chi connectivity index (χ2n) is 5.22. The Morgan fingerprint density at radius 2 is 1.64 bits per heavy atom. The van der Waals surface area contributed by atoms with E-state index in [2.05, 4.69) is 10.3 Å². The highest BCUT2D eigenvalue weighted by Gasteiger charge is 2.31. The van der Waals surface area contributed by atoms with Crippen LogP contribution in [0.15, 0.2) is 53.4 Å². The van der Waals surface area contributed by atoms with Gasteiger partial charge in [0.2, 0.25) is 0 Å². The number of hydrogen-bond donors (Lipinski definition) is 1. The van der Waals surface area contributed by atoms with E-state index in [1.807, 2.05) is 22.9 Å². The van der Waals surface area contributed by atoms with Gasteiger partial charge in [0.05, 0.1) is 38.4 Å². The van der Waals surface area contributed by atoms with Gasteiger partial charge in [-0.1, -0.05) is 53.0 Å². The molecule has 3 rings (SSSR count). The number of benzene rings is 1. The Morgan fingerprint density at radius 1 is 1.04 bits per heavy atom. The Kier molecular flexibility index (Phi) is 8.12. The third-order valence-electron chi connectivity index (χ3n) is 3.28. The highest BCUT2D eigenvalue weighted by Crippen LogP contribution is 2.31. The Bertz CT molecular complexity index is 897. The minimum absolute atomic E-state index is 0.0684. The molecule has 0 aliphatic heterocycles. The summed E-state index contributed by atoms with van der Waals surface area (Å²) in [6.45, 7) is -0.169. The van der Waals surface area contributed by atoms with Gasteiger partial charge in [-0.15, -0.1) is 0 Å². The van der Waals surface area contributed by atoms with Gasteiger partial charge in [-0.3, -0.25) is 9.78 Å². The largest absolute Gasteiger partial charge is 0.417 e. The molecule has 28 heavy (non-hydrogen) atoms. The normalized spacial score (nSPS) is 10.8. The first-order chi connectivity index (χ1) is 13.2. The molecule has 1 amide bonds. The van der Waals surface area contributed by atoms with Crippen molar-refractivity contribution in [3.05, 3.63) is 85.2 Å². The van der Waals surface area contributed by atoms with E-state index in [9.17, 15) is 18.0 Å². The molecule has 0 aliphatic carbocycles. The summed E-state index contributed by atoms with van der Waals surface area (Å²) in [6, 6.07) is 9.35. The first kappa shape index (κ1) is 22.5. The van der Waals surface area contributed by atoms with E-state index >= 15 is 0 Å². The molecule has 148 valence electrons. The number of hydrogen-bond acceptors (Lipinski definition) is 3. The molecule has 0 saturated heterocycles. The number of pyridine rings is 1. The maximum Gasteiger partial charge on any atom is 0.417 e. The molecule has 0 fully saturated rings. The van der Waals surface area contributed by atoms with Crippen molar-refractivity contribution >= 4 is 52.0 Å². The van der Waals surface area contributed by atoms with Gasteiger partial charge in [0.15, 0.2) is 0 Å². The van der Waals surface area contributed by atoms with E-state index in [0.29, 0.717) is 6.20 Å². The zero-order valence-electron chi connectivity index (χ0n) is 13.9. The van der Waals surface area contributed by atoms with Crippen LogP contribution in [0.3, 0.4) is 0 Å². The van der Waals surface area contributed by atoms with Gasteiger partial charge in [-0.05, 0) is 29.0 Å². The molecule has 2 aromatic heterocycles. The number of rotatable bonds is 3. The van der Waals surface area contributed by atoms with Crippen molar-refractivity contribution < 1.29 is 18.0 Å². The number of nitrogens with zero attached hydrogens (tertiary/aromatic N) is 1. The van der Waals surface area contributed by atoms with Gasteiger partial charge >= 0.3 is 6.18 Å². The van der Waals surface area contributed by atoms with Crippen LogP contribution in [0.1, 0.15) is 21.6 Å². The Labute approximate surface area is 178 Å². The lowest BCUT2D eigenvalue weighted by molar-refractivity contribution is -0.137. The number of halogens is 6. The van der Waals surface area contributed by atoms with Gasteiger partial charge < -0.3 is 5.32 Å². The number of alkyl halides is 3. The first-order valence-corrected chi connectivity index (χ1v) is 9.69. The minimum atomic E-state index is -4.54. The lowest BCUT2D eigenvalue weighted by Crippen LogP contribution is -2.24. The van der Waals surface area contributed by atoms with Crippen LogP contribution in [-0.4, -0.2) is 10.9 Å². The number of nitrogens with one attached hydrogen (secondary N) is 1. The molecule has 0 saturated carbocycles. The summed E-state index contributed by atoms with van der Waals surface area (Å²) in [5.41, 5.74) is -0.804. The van der Waals surface area contributed by atoms with E-state index in [1.54, 1.807) is 17.4 Å². The Balaban J connectivity index is 0.000000485. The van der Waals surface area contributed by atoms with E-state index in [-0.39, 0.29) is 32.9 Å². The van der Waals surface area contributed by atoms with Crippen LogP contribution < -0.4 is 5.32 Å². The summed E-state index contributed by atoms with van der Waals surface area (Å²) < 4.78 is 37.6. The minimum Gasteiger partial charge on any atom is -0.346 e. The third-order valence-corrected chi connectivity index (χ3v) is 4.86. The van der Waals surface area contributed by atoms with Gasteiger partial charge in [0, 0.05) is 6.20 Å². The molecule has 3 nitrogen and oxygen atoms in total. The van der Waals surface area contributed by atoms with Crippen molar-refractivity contribution in [3.63, 3.8) is 0 Å². The molecule has 0 aliphatic rings. The number of aromatic nitrogens is 1. The lowest BCUT2D eigenvalue weighted by atomic mass is 10.2. The molecule has 1 aromatic carbocycles. The van der Waals surface area contributed by atoms with Crippen molar-refractivity contribution in [2.45, 2.75) is 12.7 Å². The Hall–Kier alpha value is -1.80. The van der Waals surface area contributed by atoms with Crippen molar-refractivity contribution in [1.29, 1.82) is 0 Å². The predicted molar refractivity (Wildman–Crippen MR) is 106 cm³/mol. The molecule has 0 atom stereocenters. The first-order valence-electron chi connectivity index (χ1n) is 7.61. The third kappa shape index (κ3) is 6.38. The molecular formula is C18H12Cl3F3N2OS. The zero-order chi connectivity index (χ0) is 20.7. The van der Waals surface area contributed by atoms with Gasteiger partial charge in [0.1, 0.15) is 0 Å². The molecule has 0 spiro atoms. The maximum atomic E-state index is 12.5. The van der Waals surface area contributed by atoms with Crippen molar-refractivity contribution in [2.24, 2.45) is 0 Å². The fourth-order valence-corrected chi connectivity index (χ4v) is 3.20. The lowest BCUT2D eigenvalue weighted by Gasteiger charge is -2.11. The second kappa shape index (κ2) is 10.1. The Morgan fingerprint density at radius 3 is 2.11 bits per heavy atom. The molecule has 1 N–H and O–H groups in total. The van der Waals surface area contributed by atoms with Gasteiger partial charge in [0.25, 0.3) is 5.91 Å². The fraction of sp³-hybridized carbons (Fsp3) is 0.111. The number of carbonyl (C=O) groups is 1. The highest BCUT2D eigenvalue weighted by molar-refractivity contribution is 7.07. The fourth-order valence-electron chi connectivity index (χ4n) is 1.95. The van der Waals surface area contributed by atoms with Crippen LogP contribution in [0.4, 0.5) is 13.2 Å². The molecule has 10 heteroatoms. The van der Waals surface area contributed by atoms with Crippen LogP contribution in [0.25, 0.3) is 0 Å². The van der Waals surface area contributed by atoms with E-state index in [1.165, 1.54) is 12.1 Å². The molecule has 0 bridgehead atoms. The monoisotopic (exact) mass is 466 g/mol. The summed E-state index contributed by atoms with van der Waals surface area (Å²) in [6.07, 6.45) is -3.89. The molecule has 0 radical (unpaired) electrons. The van der Waals surface area contributed by atoms with E-state index in [4.69, 9.17) is 34.8 Å². The summed E-state index contributed by atoms with van der Waals surface area (Å²) in [5.74, 6) is -0.585. The number of thiophene rings is 1. The predicted octanol–water partition coefficient (Wildman–Crippen LogP) is 6.74. The highest BCUT2D eigenvalue weighted by atomic mass is 35.5. The van der Waals surface area contributed by atoms with Crippen LogP contribution in [0.5, 0.6) is 0 Å². The number of amides is 1. The molecule has 0 unspecified atom stereocenters. The van der Waals surface area contributed by atoms with Gasteiger partial charge in [-0.2, -0.15) is 24.5 Å². The number of carbonyl (C=O) groups excluding carboxylic acids is 1. The average molecular weight is 468 g/mol. The summed E-state index contributed by atoms with van der Waals surface area (Å²) in [4.78, 5) is 15.7. The molecular weight excluding hydrogens is 456 g/mol. The quantitative estimate of drug-likeness (QED) is 0.463. The SMILES string of the molecule is O=C(NCc1ncc(C(F)(F)F)cc1Cl)c1c(Cl)cccc1Cl.c1ccsc1. The maximum absolute atomic E-state index is 12.5. The van der Waals surface area contributed by atoms with E-state index < -0.39 is 17.6 Å². The summed E-state index contributed by atoms with van der Waals surface area (Å²) in [5, 5.41) is 6.65. The summed E-state index contributed by atoms with van der Waals surface area (Å²) in [7, 11) is 0. The zero-order valence-corrected chi connectivity index (χ0v) is 17.0. The second-order valence-corrected chi connectivity index (χ2v) is 7.26. The van der Waals surface area contributed by atoms with E-state index in [0.717, 1.165) is 6.07 Å².